The lowest BCUT2D eigenvalue weighted by Gasteiger charge is -2.31. The quantitative estimate of drug-likeness (QED) is 0.196. The van der Waals surface area contributed by atoms with Crippen LogP contribution in [0.4, 0.5) is 5.69 Å². The maximum absolute atomic E-state index is 10.7. The molecule has 0 spiro atoms. The van der Waals surface area contributed by atoms with Crippen LogP contribution in [0.15, 0.2) is 24.3 Å². The van der Waals surface area contributed by atoms with Crippen molar-refractivity contribution in [2.75, 3.05) is 13.1 Å². The molecule has 1 aromatic carbocycles. The summed E-state index contributed by atoms with van der Waals surface area (Å²) in [5, 5.41) is 10.7. The molecule has 0 saturated heterocycles. The fourth-order valence-electron chi connectivity index (χ4n) is 3.96. The molecule has 4 heteroatoms. The largest absolute Gasteiger partial charge is 0.301 e. The standard InChI is InChI=1S/C23H40N2O2/c1-5-10-20(4)18-19-24(7-3)22(11-6-2)13-9-8-12-21-14-16-23(17-15-21)25(26)27/h14-17,20,22H,5-13,18-19H2,1-4H3. The van der Waals surface area contributed by atoms with E-state index in [0.29, 0.717) is 6.04 Å². The smallest absolute Gasteiger partial charge is 0.269 e. The number of nitro benzene ring substituents is 1. The second-order valence-electron chi connectivity index (χ2n) is 7.92. The molecular weight excluding hydrogens is 336 g/mol. The van der Waals surface area contributed by atoms with Gasteiger partial charge in [0.15, 0.2) is 0 Å². The van der Waals surface area contributed by atoms with Crippen molar-refractivity contribution in [3.63, 3.8) is 0 Å². The summed E-state index contributed by atoms with van der Waals surface area (Å²) >= 11 is 0. The lowest BCUT2D eigenvalue weighted by atomic mass is 9.98. The van der Waals surface area contributed by atoms with Gasteiger partial charge in [-0.05, 0) is 56.7 Å². The van der Waals surface area contributed by atoms with Gasteiger partial charge in [0.1, 0.15) is 0 Å². The molecule has 4 nitrogen and oxygen atoms in total. The second-order valence-corrected chi connectivity index (χ2v) is 7.92. The number of non-ortho nitro benzene ring substituents is 1. The van der Waals surface area contributed by atoms with Gasteiger partial charge in [-0.1, -0.05) is 65.5 Å². The van der Waals surface area contributed by atoms with Gasteiger partial charge in [-0.15, -0.1) is 0 Å². The molecule has 0 heterocycles. The van der Waals surface area contributed by atoms with E-state index in [9.17, 15) is 10.1 Å². The lowest BCUT2D eigenvalue weighted by Crippen LogP contribution is -2.36. The molecule has 2 unspecified atom stereocenters. The monoisotopic (exact) mass is 376 g/mol. The number of hydrogen-bond donors (Lipinski definition) is 0. The molecule has 2 atom stereocenters. The van der Waals surface area contributed by atoms with Gasteiger partial charge in [-0.2, -0.15) is 0 Å². The number of nitrogens with zero attached hydrogens (tertiary/aromatic N) is 2. The van der Waals surface area contributed by atoms with Crippen LogP contribution in [0.5, 0.6) is 0 Å². The zero-order valence-electron chi connectivity index (χ0n) is 18.0. The molecule has 0 N–H and O–H groups in total. The average molecular weight is 377 g/mol. The van der Waals surface area contributed by atoms with E-state index in [1.807, 2.05) is 12.1 Å². The first-order chi connectivity index (χ1) is 13.0. The Labute approximate surface area is 166 Å². The molecule has 154 valence electrons. The highest BCUT2D eigenvalue weighted by molar-refractivity contribution is 5.32. The first-order valence-corrected chi connectivity index (χ1v) is 11.0. The Hall–Kier alpha value is -1.42. The highest BCUT2D eigenvalue weighted by Gasteiger charge is 2.16. The van der Waals surface area contributed by atoms with Gasteiger partial charge in [0.25, 0.3) is 5.69 Å². The molecule has 0 fully saturated rings. The first-order valence-electron chi connectivity index (χ1n) is 11.0. The summed E-state index contributed by atoms with van der Waals surface area (Å²) in [5.74, 6) is 0.827. The van der Waals surface area contributed by atoms with Crippen molar-refractivity contribution < 1.29 is 4.92 Å². The van der Waals surface area contributed by atoms with Gasteiger partial charge in [-0.25, -0.2) is 0 Å². The summed E-state index contributed by atoms with van der Waals surface area (Å²) in [6.45, 7) is 11.6. The van der Waals surface area contributed by atoms with Gasteiger partial charge in [0.05, 0.1) is 4.92 Å². The summed E-state index contributed by atoms with van der Waals surface area (Å²) in [6, 6.07) is 7.73. The molecule has 0 bridgehead atoms. The summed E-state index contributed by atoms with van der Waals surface area (Å²) in [4.78, 5) is 13.1. The van der Waals surface area contributed by atoms with Crippen LogP contribution in [0, 0.1) is 16.0 Å². The van der Waals surface area contributed by atoms with Gasteiger partial charge in [-0.3, -0.25) is 10.1 Å². The minimum atomic E-state index is -0.334. The molecule has 0 aliphatic rings. The van der Waals surface area contributed by atoms with Gasteiger partial charge < -0.3 is 4.90 Å². The third-order valence-electron chi connectivity index (χ3n) is 5.64. The number of rotatable bonds is 15. The van der Waals surface area contributed by atoms with Crippen molar-refractivity contribution in [3.8, 4) is 0 Å². The Morgan fingerprint density at radius 1 is 0.963 bits per heavy atom. The number of aryl methyl sites for hydroxylation is 1. The van der Waals surface area contributed by atoms with Crippen molar-refractivity contribution in [3.05, 3.63) is 39.9 Å². The highest BCUT2D eigenvalue weighted by atomic mass is 16.6. The Bertz CT molecular complexity index is 516. The average Bonchev–Trinajstić information content (AvgIpc) is 2.66. The van der Waals surface area contributed by atoms with Gasteiger partial charge >= 0.3 is 0 Å². The molecule has 1 aromatic rings. The molecule has 0 aliphatic heterocycles. The third-order valence-corrected chi connectivity index (χ3v) is 5.64. The van der Waals surface area contributed by atoms with E-state index in [-0.39, 0.29) is 10.6 Å². The van der Waals surface area contributed by atoms with Crippen LogP contribution in [0.25, 0.3) is 0 Å². The number of hydrogen-bond acceptors (Lipinski definition) is 3. The van der Waals surface area contributed by atoms with Crippen LogP contribution in [0.2, 0.25) is 0 Å². The molecule has 0 radical (unpaired) electrons. The van der Waals surface area contributed by atoms with Crippen molar-refractivity contribution in [2.24, 2.45) is 5.92 Å². The molecular formula is C23H40N2O2. The van der Waals surface area contributed by atoms with Crippen molar-refractivity contribution in [1.29, 1.82) is 0 Å². The van der Waals surface area contributed by atoms with E-state index in [1.165, 1.54) is 57.1 Å². The Kier molecular flexibility index (Phi) is 12.0. The maximum atomic E-state index is 10.7. The van der Waals surface area contributed by atoms with Gasteiger partial charge in [0, 0.05) is 18.2 Å². The summed E-state index contributed by atoms with van der Waals surface area (Å²) < 4.78 is 0. The number of benzene rings is 1. The van der Waals surface area contributed by atoms with Crippen LogP contribution in [0.1, 0.15) is 84.6 Å². The van der Waals surface area contributed by atoms with Crippen molar-refractivity contribution in [1.82, 2.24) is 4.90 Å². The van der Waals surface area contributed by atoms with Gasteiger partial charge in [0.2, 0.25) is 0 Å². The maximum Gasteiger partial charge on any atom is 0.269 e. The van der Waals surface area contributed by atoms with E-state index >= 15 is 0 Å². The Morgan fingerprint density at radius 2 is 1.63 bits per heavy atom. The van der Waals surface area contributed by atoms with Crippen LogP contribution in [-0.4, -0.2) is 29.0 Å². The van der Waals surface area contributed by atoms with Crippen LogP contribution in [0.3, 0.4) is 0 Å². The van der Waals surface area contributed by atoms with Crippen LogP contribution < -0.4 is 0 Å². The fourth-order valence-corrected chi connectivity index (χ4v) is 3.96. The van der Waals surface area contributed by atoms with E-state index < -0.39 is 0 Å². The molecule has 27 heavy (non-hydrogen) atoms. The number of unbranched alkanes of at least 4 members (excludes halogenated alkanes) is 1. The lowest BCUT2D eigenvalue weighted by molar-refractivity contribution is -0.384. The zero-order chi connectivity index (χ0) is 20.1. The summed E-state index contributed by atoms with van der Waals surface area (Å²) in [5.41, 5.74) is 1.38. The number of nitro groups is 1. The van der Waals surface area contributed by atoms with E-state index in [1.54, 1.807) is 12.1 Å². The van der Waals surface area contributed by atoms with Crippen molar-refractivity contribution >= 4 is 5.69 Å². The molecule has 0 saturated carbocycles. The molecule has 0 aromatic heterocycles. The zero-order valence-corrected chi connectivity index (χ0v) is 18.0. The van der Waals surface area contributed by atoms with Crippen molar-refractivity contribution in [2.45, 2.75) is 91.5 Å². The topological polar surface area (TPSA) is 46.4 Å². The molecule has 1 rings (SSSR count). The van der Waals surface area contributed by atoms with Crippen LogP contribution in [-0.2, 0) is 6.42 Å². The summed E-state index contributed by atoms with van der Waals surface area (Å²) in [6.07, 6.45) is 11.1. The predicted molar refractivity (Wildman–Crippen MR) is 115 cm³/mol. The minimum absolute atomic E-state index is 0.178. The molecule has 0 amide bonds. The normalized spacial score (nSPS) is 13.7. The van der Waals surface area contributed by atoms with Crippen LogP contribution >= 0.6 is 0 Å². The van der Waals surface area contributed by atoms with E-state index in [0.717, 1.165) is 25.3 Å². The van der Waals surface area contributed by atoms with E-state index in [4.69, 9.17) is 0 Å². The second kappa shape index (κ2) is 13.7. The Balaban J connectivity index is 2.42. The third kappa shape index (κ3) is 9.37. The minimum Gasteiger partial charge on any atom is -0.301 e. The fraction of sp³-hybridized carbons (Fsp3) is 0.739. The summed E-state index contributed by atoms with van der Waals surface area (Å²) in [7, 11) is 0. The SMILES string of the molecule is CCCC(C)CCN(CC)C(CCC)CCCCc1ccc([N+](=O)[O-])cc1. The van der Waals surface area contributed by atoms with E-state index in [2.05, 4.69) is 32.6 Å². The molecule has 0 aliphatic carbocycles. The Morgan fingerprint density at radius 3 is 2.19 bits per heavy atom. The highest BCUT2D eigenvalue weighted by Crippen LogP contribution is 2.19. The first kappa shape index (κ1) is 23.6. The predicted octanol–water partition coefficient (Wildman–Crippen LogP) is 6.62.